The fourth-order valence-electron chi connectivity index (χ4n) is 1.61. The first-order chi connectivity index (χ1) is 7.21. The van der Waals surface area contributed by atoms with E-state index >= 15 is 0 Å². The Balaban J connectivity index is 0.00000256. The molecule has 9 heteroatoms. The number of hydrogen-bond acceptors (Lipinski definition) is 5. The molecule has 1 aliphatic rings. The molecule has 104 valence electrons. The number of rotatable bonds is 4. The fraction of sp³-hybridized carbons (Fsp3) is 1.00. The van der Waals surface area contributed by atoms with Crippen LogP contribution in [-0.4, -0.2) is 58.0 Å². The van der Waals surface area contributed by atoms with Gasteiger partial charge in [0.1, 0.15) is 9.84 Å². The van der Waals surface area contributed by atoms with Crippen molar-refractivity contribution >= 4 is 32.3 Å². The molecule has 0 radical (unpaired) electrons. The molecule has 0 aromatic rings. The van der Waals surface area contributed by atoms with E-state index < -0.39 is 19.9 Å². The lowest BCUT2D eigenvalue weighted by Crippen LogP contribution is -2.47. The van der Waals surface area contributed by atoms with Crippen molar-refractivity contribution in [1.82, 2.24) is 4.31 Å². The van der Waals surface area contributed by atoms with Crippen LogP contribution in [-0.2, 0) is 19.9 Å². The smallest absolute Gasteiger partial charge is 0.215 e. The molecule has 6 nitrogen and oxygen atoms in total. The Hall–Kier alpha value is 0.110. The lowest BCUT2D eigenvalue weighted by molar-refractivity contribution is 0.316. The molecule has 2 N–H and O–H groups in total. The third-order valence-electron chi connectivity index (χ3n) is 2.53. The summed E-state index contributed by atoms with van der Waals surface area (Å²) in [4.78, 5) is 0. The van der Waals surface area contributed by atoms with Gasteiger partial charge < -0.3 is 5.73 Å². The Bertz CT molecular complexity index is 434. The molecule has 1 fully saturated rings. The third kappa shape index (κ3) is 6.01. The van der Waals surface area contributed by atoms with Crippen LogP contribution in [0.15, 0.2) is 0 Å². The SMILES string of the molecule is CS(=O)(=O)CCS(=O)(=O)N1CCC[C@@H](N)C1.Cl. The molecular weight excluding hydrogens is 288 g/mol. The normalized spacial score (nSPS) is 23.1. The highest BCUT2D eigenvalue weighted by molar-refractivity contribution is 7.93. The van der Waals surface area contributed by atoms with Gasteiger partial charge in [0.2, 0.25) is 10.0 Å². The van der Waals surface area contributed by atoms with Crippen LogP contribution >= 0.6 is 12.4 Å². The Morgan fingerprint density at radius 1 is 1.24 bits per heavy atom. The monoisotopic (exact) mass is 306 g/mol. The Morgan fingerprint density at radius 3 is 2.29 bits per heavy atom. The van der Waals surface area contributed by atoms with Gasteiger partial charge in [0.25, 0.3) is 0 Å². The predicted octanol–water partition coefficient (Wildman–Crippen LogP) is -0.794. The van der Waals surface area contributed by atoms with Crippen LogP contribution in [0.5, 0.6) is 0 Å². The van der Waals surface area contributed by atoms with Crippen molar-refractivity contribution < 1.29 is 16.8 Å². The van der Waals surface area contributed by atoms with Gasteiger partial charge in [-0.05, 0) is 12.8 Å². The van der Waals surface area contributed by atoms with Gasteiger partial charge in [-0.2, -0.15) is 0 Å². The van der Waals surface area contributed by atoms with Gasteiger partial charge in [-0.1, -0.05) is 0 Å². The number of nitrogens with two attached hydrogens (primary N) is 1. The zero-order valence-corrected chi connectivity index (χ0v) is 12.2. The highest BCUT2D eigenvalue weighted by Crippen LogP contribution is 2.13. The second-order valence-electron chi connectivity index (χ2n) is 4.21. The van der Waals surface area contributed by atoms with E-state index in [1.807, 2.05) is 0 Å². The van der Waals surface area contributed by atoms with E-state index in [9.17, 15) is 16.8 Å². The van der Waals surface area contributed by atoms with Gasteiger partial charge in [0.05, 0.1) is 11.5 Å². The maximum absolute atomic E-state index is 11.8. The summed E-state index contributed by atoms with van der Waals surface area (Å²) in [5, 5.41) is 0. The molecule has 0 aromatic carbocycles. The second-order valence-corrected chi connectivity index (χ2v) is 8.55. The average Bonchev–Trinajstić information content (AvgIpc) is 2.14. The van der Waals surface area contributed by atoms with Gasteiger partial charge in [0, 0.05) is 25.4 Å². The van der Waals surface area contributed by atoms with Crippen LogP contribution in [0, 0.1) is 0 Å². The van der Waals surface area contributed by atoms with Gasteiger partial charge in [-0.3, -0.25) is 0 Å². The van der Waals surface area contributed by atoms with Crippen molar-refractivity contribution in [2.75, 3.05) is 30.9 Å². The third-order valence-corrected chi connectivity index (χ3v) is 5.57. The predicted molar refractivity (Wildman–Crippen MR) is 69.5 cm³/mol. The molecule has 1 atom stereocenters. The Labute approximate surface area is 109 Å². The second kappa shape index (κ2) is 6.33. The van der Waals surface area contributed by atoms with E-state index in [0.717, 1.165) is 19.1 Å². The molecule has 17 heavy (non-hydrogen) atoms. The highest BCUT2D eigenvalue weighted by atomic mass is 35.5. The zero-order valence-electron chi connectivity index (χ0n) is 9.70. The van der Waals surface area contributed by atoms with Gasteiger partial charge in [0.15, 0.2) is 0 Å². The van der Waals surface area contributed by atoms with Crippen molar-refractivity contribution in [2.24, 2.45) is 5.73 Å². The van der Waals surface area contributed by atoms with Crippen molar-refractivity contribution in [3.8, 4) is 0 Å². The quantitative estimate of drug-likeness (QED) is 0.734. The fourth-order valence-corrected chi connectivity index (χ4v) is 4.75. The van der Waals surface area contributed by atoms with Crippen molar-refractivity contribution in [1.29, 1.82) is 0 Å². The minimum Gasteiger partial charge on any atom is -0.327 e. The number of sulfone groups is 1. The number of piperidine rings is 1. The standard InChI is InChI=1S/C8H18N2O4S2.ClH/c1-15(11,12)5-6-16(13,14)10-4-2-3-8(9)7-10;/h8H,2-7,9H2,1H3;1H/t8-;/m1./s1. The highest BCUT2D eigenvalue weighted by Gasteiger charge is 2.27. The summed E-state index contributed by atoms with van der Waals surface area (Å²) >= 11 is 0. The van der Waals surface area contributed by atoms with E-state index in [-0.39, 0.29) is 30.0 Å². The molecule has 0 bridgehead atoms. The van der Waals surface area contributed by atoms with Crippen molar-refractivity contribution in [3.05, 3.63) is 0 Å². The van der Waals surface area contributed by atoms with Gasteiger partial charge in [-0.25, -0.2) is 21.1 Å². The van der Waals surface area contributed by atoms with Crippen LogP contribution in [0.3, 0.4) is 0 Å². The molecule has 1 aliphatic heterocycles. The lowest BCUT2D eigenvalue weighted by atomic mass is 10.1. The molecule has 0 saturated carbocycles. The summed E-state index contributed by atoms with van der Waals surface area (Å²) in [6.07, 6.45) is 2.59. The summed E-state index contributed by atoms with van der Waals surface area (Å²) in [5.41, 5.74) is 5.68. The van der Waals surface area contributed by atoms with Gasteiger partial charge in [-0.15, -0.1) is 12.4 Å². The number of nitrogens with zero attached hydrogens (tertiary/aromatic N) is 1. The molecule has 0 spiro atoms. The molecule has 0 aliphatic carbocycles. The van der Waals surface area contributed by atoms with Crippen LogP contribution < -0.4 is 5.73 Å². The van der Waals surface area contributed by atoms with E-state index in [4.69, 9.17) is 5.73 Å². The van der Waals surface area contributed by atoms with Crippen LogP contribution in [0.2, 0.25) is 0 Å². The molecule has 1 saturated heterocycles. The van der Waals surface area contributed by atoms with Crippen LogP contribution in [0.25, 0.3) is 0 Å². The summed E-state index contributed by atoms with van der Waals surface area (Å²) < 4.78 is 46.7. The summed E-state index contributed by atoms with van der Waals surface area (Å²) in [6.45, 7) is 0.742. The first kappa shape index (κ1) is 17.1. The van der Waals surface area contributed by atoms with Crippen molar-refractivity contribution in [3.63, 3.8) is 0 Å². The maximum Gasteiger partial charge on any atom is 0.215 e. The minimum absolute atomic E-state index is 0. The molecule has 1 rings (SSSR count). The minimum atomic E-state index is -3.48. The Morgan fingerprint density at radius 2 is 1.82 bits per heavy atom. The molecular formula is C8H19ClN2O4S2. The first-order valence-corrected chi connectivity index (χ1v) is 8.79. The molecule has 0 amide bonds. The molecule has 1 heterocycles. The topological polar surface area (TPSA) is 97.5 Å². The van der Waals surface area contributed by atoms with Crippen LogP contribution in [0.4, 0.5) is 0 Å². The summed E-state index contributed by atoms with van der Waals surface area (Å²) in [7, 11) is -6.72. The van der Waals surface area contributed by atoms with E-state index in [1.165, 1.54) is 4.31 Å². The van der Waals surface area contributed by atoms with E-state index in [0.29, 0.717) is 13.1 Å². The maximum atomic E-state index is 11.8. The van der Waals surface area contributed by atoms with Gasteiger partial charge >= 0.3 is 0 Å². The summed E-state index contributed by atoms with van der Waals surface area (Å²) in [6, 6.07) is -0.137. The zero-order chi connectivity index (χ0) is 12.4. The average molecular weight is 307 g/mol. The van der Waals surface area contributed by atoms with E-state index in [1.54, 1.807) is 0 Å². The Kier molecular flexibility index (Phi) is 6.37. The summed E-state index contributed by atoms with van der Waals surface area (Å²) in [5.74, 6) is -0.681. The first-order valence-electron chi connectivity index (χ1n) is 5.12. The largest absolute Gasteiger partial charge is 0.327 e. The number of sulfonamides is 1. The van der Waals surface area contributed by atoms with Crippen molar-refractivity contribution in [2.45, 2.75) is 18.9 Å². The molecule has 0 unspecified atom stereocenters. The van der Waals surface area contributed by atoms with Crippen LogP contribution in [0.1, 0.15) is 12.8 Å². The number of hydrogen-bond donors (Lipinski definition) is 1. The van der Waals surface area contributed by atoms with E-state index in [2.05, 4.69) is 0 Å². The molecule has 0 aromatic heterocycles. The number of halogens is 1. The lowest BCUT2D eigenvalue weighted by Gasteiger charge is -2.29.